The van der Waals surface area contributed by atoms with Crippen LogP contribution < -0.4 is 16.4 Å². The number of nitrogens with two attached hydrogens (primary N) is 1. The lowest BCUT2D eigenvalue weighted by Gasteiger charge is -2.17. The maximum Gasteiger partial charge on any atom is 0.00629 e. The van der Waals surface area contributed by atoms with Crippen molar-refractivity contribution in [2.75, 3.05) is 47.8 Å². The second kappa shape index (κ2) is 23.0. The van der Waals surface area contributed by atoms with E-state index in [0.29, 0.717) is 6.04 Å². The molecule has 0 aliphatic carbocycles. The summed E-state index contributed by atoms with van der Waals surface area (Å²) in [5.74, 6) is 0. The molecule has 1 rings (SSSR count). The zero-order chi connectivity index (χ0) is 15.5. The molecular weight excluding hydrogens is 236 g/mol. The first kappa shape index (κ1) is 23.9. The number of nitrogens with one attached hydrogen (secondary N) is 2. The van der Waals surface area contributed by atoms with Gasteiger partial charge in [0.2, 0.25) is 0 Å². The van der Waals surface area contributed by atoms with Crippen molar-refractivity contribution < 1.29 is 0 Å². The minimum atomic E-state index is 0.473. The third-order valence-corrected chi connectivity index (χ3v) is 2.34. The lowest BCUT2D eigenvalue weighted by Crippen LogP contribution is -2.35. The highest BCUT2D eigenvalue weighted by Crippen LogP contribution is 1.96. The molecule has 0 saturated carbocycles. The molecule has 4 heteroatoms. The van der Waals surface area contributed by atoms with Gasteiger partial charge >= 0.3 is 0 Å². The summed E-state index contributed by atoms with van der Waals surface area (Å²) in [5, 5.41) is 5.99. The van der Waals surface area contributed by atoms with Crippen LogP contribution in [0, 0.1) is 0 Å². The molecule has 1 heterocycles. The summed E-state index contributed by atoms with van der Waals surface area (Å²) in [5.41, 5.74) is 5.59. The van der Waals surface area contributed by atoms with Gasteiger partial charge < -0.3 is 21.3 Å². The van der Waals surface area contributed by atoms with Crippen LogP contribution in [0.1, 0.15) is 46.5 Å². The molecule has 0 radical (unpaired) electrons. The first-order valence-electron chi connectivity index (χ1n) is 7.77. The minimum absolute atomic E-state index is 0.473. The number of piperidine rings is 1. The van der Waals surface area contributed by atoms with Gasteiger partial charge in [-0.25, -0.2) is 0 Å². The average molecular weight is 277 g/mol. The summed E-state index contributed by atoms with van der Waals surface area (Å²) in [6.07, 6.45) is 4.94. The van der Waals surface area contributed by atoms with Gasteiger partial charge in [0.05, 0.1) is 0 Å². The standard InChI is InChI=1S/C6H15N.C5H12N2.C2H7N.C2H6/c1-4-5-6-7(2)3;6-5-1-3-7-4-2-5;1-3-2;1-2/h4-6H2,1-3H3;5,7H,1-4,6H2;3H,1-2H3;1-2H3. The Labute approximate surface area is 122 Å². The Hall–Kier alpha value is -0.160. The molecule has 1 saturated heterocycles. The van der Waals surface area contributed by atoms with Crippen molar-refractivity contribution >= 4 is 0 Å². The molecule has 0 atom stereocenters. The molecule has 0 amide bonds. The van der Waals surface area contributed by atoms with Gasteiger partial charge in [0.15, 0.2) is 0 Å². The molecule has 4 nitrogen and oxygen atoms in total. The molecule has 1 fully saturated rings. The number of nitrogens with zero attached hydrogens (tertiary/aromatic N) is 1. The Morgan fingerprint density at radius 2 is 1.58 bits per heavy atom. The second-order valence-electron chi connectivity index (χ2n) is 4.74. The Morgan fingerprint density at radius 1 is 1.16 bits per heavy atom. The van der Waals surface area contributed by atoms with Crippen molar-refractivity contribution in [1.82, 2.24) is 15.5 Å². The zero-order valence-corrected chi connectivity index (χ0v) is 14.6. The Balaban J connectivity index is -0.000000203. The Bertz CT molecular complexity index is 123. The predicted molar refractivity (Wildman–Crippen MR) is 89.9 cm³/mol. The maximum absolute atomic E-state index is 5.59. The smallest absolute Gasteiger partial charge is 0.00629 e. The molecule has 0 aromatic heterocycles. The summed E-state index contributed by atoms with van der Waals surface area (Å²) < 4.78 is 0. The molecule has 0 spiro atoms. The molecule has 4 N–H and O–H groups in total. The van der Waals surface area contributed by atoms with Crippen molar-refractivity contribution in [2.24, 2.45) is 5.73 Å². The van der Waals surface area contributed by atoms with E-state index >= 15 is 0 Å². The fourth-order valence-electron chi connectivity index (χ4n) is 1.32. The van der Waals surface area contributed by atoms with Crippen LogP contribution in [0.5, 0.6) is 0 Å². The topological polar surface area (TPSA) is 53.3 Å². The normalized spacial score (nSPS) is 14.4. The van der Waals surface area contributed by atoms with Gasteiger partial charge in [0, 0.05) is 6.04 Å². The van der Waals surface area contributed by atoms with E-state index in [1.807, 2.05) is 27.9 Å². The number of unbranched alkanes of at least 4 members (excludes halogenated alkanes) is 1. The van der Waals surface area contributed by atoms with Crippen LogP contribution in [0.25, 0.3) is 0 Å². The second-order valence-corrected chi connectivity index (χ2v) is 4.74. The van der Waals surface area contributed by atoms with Gasteiger partial charge in [0.1, 0.15) is 0 Å². The van der Waals surface area contributed by atoms with E-state index < -0.39 is 0 Å². The van der Waals surface area contributed by atoms with E-state index in [4.69, 9.17) is 5.73 Å². The van der Waals surface area contributed by atoms with Gasteiger partial charge in [0.25, 0.3) is 0 Å². The summed E-state index contributed by atoms with van der Waals surface area (Å²) >= 11 is 0. The van der Waals surface area contributed by atoms with E-state index in [0.717, 1.165) is 25.9 Å². The fourth-order valence-corrected chi connectivity index (χ4v) is 1.32. The molecule has 1 aliphatic rings. The SMILES string of the molecule is CC.CCCCN(C)C.CNC.NC1CCNCC1. The summed E-state index contributed by atoms with van der Waals surface area (Å²) in [6, 6.07) is 0.473. The van der Waals surface area contributed by atoms with Gasteiger partial charge in [-0.15, -0.1) is 0 Å². The fraction of sp³-hybridized carbons (Fsp3) is 1.00. The van der Waals surface area contributed by atoms with E-state index in [2.05, 4.69) is 36.6 Å². The van der Waals surface area contributed by atoms with E-state index in [9.17, 15) is 0 Å². The minimum Gasteiger partial charge on any atom is -0.328 e. The highest BCUT2D eigenvalue weighted by Gasteiger charge is 2.05. The van der Waals surface area contributed by atoms with Crippen LogP contribution in [0.2, 0.25) is 0 Å². The van der Waals surface area contributed by atoms with E-state index in [1.54, 1.807) is 0 Å². The zero-order valence-electron chi connectivity index (χ0n) is 14.6. The van der Waals surface area contributed by atoms with Crippen molar-refractivity contribution in [3.8, 4) is 0 Å². The van der Waals surface area contributed by atoms with Crippen LogP contribution in [-0.2, 0) is 0 Å². The molecule has 120 valence electrons. The van der Waals surface area contributed by atoms with E-state index in [-0.39, 0.29) is 0 Å². The number of rotatable bonds is 3. The third-order valence-electron chi connectivity index (χ3n) is 2.34. The molecule has 1 aliphatic heterocycles. The number of hydrogen-bond acceptors (Lipinski definition) is 4. The van der Waals surface area contributed by atoms with Crippen molar-refractivity contribution in [3.05, 3.63) is 0 Å². The van der Waals surface area contributed by atoms with Gasteiger partial charge in [-0.3, -0.25) is 0 Å². The van der Waals surface area contributed by atoms with Gasteiger partial charge in [-0.1, -0.05) is 27.2 Å². The van der Waals surface area contributed by atoms with Crippen LogP contribution >= 0.6 is 0 Å². The van der Waals surface area contributed by atoms with Crippen molar-refractivity contribution in [2.45, 2.75) is 52.5 Å². The van der Waals surface area contributed by atoms with Crippen molar-refractivity contribution in [3.63, 3.8) is 0 Å². The largest absolute Gasteiger partial charge is 0.328 e. The Morgan fingerprint density at radius 3 is 1.74 bits per heavy atom. The van der Waals surface area contributed by atoms with Crippen LogP contribution in [0.3, 0.4) is 0 Å². The third kappa shape index (κ3) is 31.9. The first-order chi connectivity index (χ1) is 9.08. The summed E-state index contributed by atoms with van der Waals surface area (Å²) in [7, 11) is 7.96. The lowest BCUT2D eigenvalue weighted by molar-refractivity contribution is 0.398. The molecule has 0 aromatic carbocycles. The molecule has 0 unspecified atom stereocenters. The quantitative estimate of drug-likeness (QED) is 0.737. The Kier molecular flexibility index (Phi) is 28.9. The van der Waals surface area contributed by atoms with Gasteiger partial charge in [-0.05, 0) is 67.1 Å². The monoisotopic (exact) mass is 276 g/mol. The molecular formula is C15H40N4. The first-order valence-corrected chi connectivity index (χ1v) is 7.77. The highest BCUT2D eigenvalue weighted by molar-refractivity contribution is 4.69. The molecule has 0 bridgehead atoms. The lowest BCUT2D eigenvalue weighted by atomic mass is 10.1. The van der Waals surface area contributed by atoms with Crippen molar-refractivity contribution in [1.29, 1.82) is 0 Å². The van der Waals surface area contributed by atoms with Crippen LogP contribution in [0.15, 0.2) is 0 Å². The predicted octanol–water partition coefficient (Wildman–Crippen LogP) is 1.91. The molecule has 0 aromatic rings. The average Bonchev–Trinajstić information content (AvgIpc) is 2.41. The van der Waals surface area contributed by atoms with Crippen LogP contribution in [-0.4, -0.2) is 58.8 Å². The molecule has 19 heavy (non-hydrogen) atoms. The number of hydrogen-bond donors (Lipinski definition) is 3. The van der Waals surface area contributed by atoms with Gasteiger partial charge in [-0.2, -0.15) is 0 Å². The maximum atomic E-state index is 5.59. The van der Waals surface area contributed by atoms with Crippen LogP contribution in [0.4, 0.5) is 0 Å². The van der Waals surface area contributed by atoms with E-state index in [1.165, 1.54) is 19.4 Å². The summed E-state index contributed by atoms with van der Waals surface area (Å²) in [6.45, 7) is 9.67. The summed E-state index contributed by atoms with van der Waals surface area (Å²) in [4.78, 5) is 2.21. The highest BCUT2D eigenvalue weighted by atomic mass is 15.0.